The minimum absolute atomic E-state index is 0.0636. The zero-order valence-electron chi connectivity index (χ0n) is 16.2. The fourth-order valence-electron chi connectivity index (χ4n) is 3.97. The lowest BCUT2D eigenvalue weighted by atomic mass is 9.84. The molecule has 0 atom stereocenters. The molecular formula is C20H34N2O4. The normalized spacial score (nSPS) is 24.7. The number of aliphatic carboxylic acids is 1. The molecule has 2 saturated carbocycles. The fourth-order valence-corrected chi connectivity index (χ4v) is 3.97. The monoisotopic (exact) mass is 366 g/mol. The molecule has 6 heteroatoms. The van der Waals surface area contributed by atoms with Crippen molar-refractivity contribution < 1.29 is 19.5 Å². The van der Waals surface area contributed by atoms with Gasteiger partial charge in [-0.15, -0.1) is 0 Å². The zero-order valence-corrected chi connectivity index (χ0v) is 16.2. The van der Waals surface area contributed by atoms with Crippen LogP contribution in [-0.4, -0.2) is 35.5 Å². The highest BCUT2D eigenvalue weighted by Gasteiger charge is 2.31. The standard InChI is InChI=1S/C20H34N2O4/c1-20(2,19(25)26)13-21-18(24)15-8-10-16(11-9-15)22-17(23)12-14-6-4-3-5-7-14/h14-16H,3-13H2,1-2H3,(H,21,24)(H,22,23)(H,25,26). The Balaban J connectivity index is 1.67. The van der Waals surface area contributed by atoms with E-state index in [0.29, 0.717) is 12.3 Å². The number of carboxylic acid groups (broad SMARTS) is 1. The molecule has 6 nitrogen and oxygen atoms in total. The molecule has 0 aromatic rings. The van der Waals surface area contributed by atoms with E-state index in [0.717, 1.165) is 25.7 Å². The molecule has 2 aliphatic rings. The van der Waals surface area contributed by atoms with Crippen molar-refractivity contribution in [3.05, 3.63) is 0 Å². The molecule has 0 aromatic heterocycles. The predicted octanol–water partition coefficient (Wildman–Crippen LogP) is 2.86. The lowest BCUT2D eigenvalue weighted by Gasteiger charge is -2.30. The summed E-state index contributed by atoms with van der Waals surface area (Å²) in [7, 11) is 0. The van der Waals surface area contributed by atoms with E-state index in [2.05, 4.69) is 10.6 Å². The summed E-state index contributed by atoms with van der Waals surface area (Å²) in [6, 6.07) is 0.172. The van der Waals surface area contributed by atoms with Gasteiger partial charge in [0.1, 0.15) is 0 Å². The molecule has 0 aliphatic heterocycles. The van der Waals surface area contributed by atoms with Crippen molar-refractivity contribution in [3.63, 3.8) is 0 Å². The average Bonchev–Trinajstić information content (AvgIpc) is 2.61. The van der Waals surface area contributed by atoms with Crippen LogP contribution in [0.4, 0.5) is 0 Å². The van der Waals surface area contributed by atoms with Crippen LogP contribution in [0.5, 0.6) is 0 Å². The van der Waals surface area contributed by atoms with Crippen LogP contribution in [0.1, 0.15) is 78.1 Å². The van der Waals surface area contributed by atoms with Crippen molar-refractivity contribution in [1.29, 1.82) is 0 Å². The number of hydrogen-bond acceptors (Lipinski definition) is 3. The number of rotatable bonds is 7. The highest BCUT2D eigenvalue weighted by molar-refractivity contribution is 5.80. The molecule has 0 spiro atoms. The second kappa shape index (κ2) is 9.38. The van der Waals surface area contributed by atoms with Gasteiger partial charge in [0.15, 0.2) is 0 Å². The van der Waals surface area contributed by atoms with E-state index >= 15 is 0 Å². The third-order valence-electron chi connectivity index (χ3n) is 5.95. The van der Waals surface area contributed by atoms with Crippen molar-refractivity contribution >= 4 is 17.8 Å². The summed E-state index contributed by atoms with van der Waals surface area (Å²) < 4.78 is 0. The van der Waals surface area contributed by atoms with Gasteiger partial charge in [0.2, 0.25) is 11.8 Å². The number of nitrogens with one attached hydrogen (secondary N) is 2. The van der Waals surface area contributed by atoms with Gasteiger partial charge in [-0.1, -0.05) is 19.3 Å². The molecule has 2 fully saturated rings. The van der Waals surface area contributed by atoms with Crippen molar-refractivity contribution in [1.82, 2.24) is 10.6 Å². The van der Waals surface area contributed by atoms with Gasteiger partial charge in [-0.3, -0.25) is 14.4 Å². The molecule has 0 bridgehead atoms. The Morgan fingerprint density at radius 2 is 1.58 bits per heavy atom. The molecule has 0 unspecified atom stereocenters. The third kappa shape index (κ3) is 6.29. The molecule has 2 aliphatic carbocycles. The van der Waals surface area contributed by atoms with Crippen molar-refractivity contribution in [3.8, 4) is 0 Å². The molecule has 2 rings (SSSR count). The van der Waals surface area contributed by atoms with Gasteiger partial charge in [0, 0.05) is 24.9 Å². The second-order valence-electron chi connectivity index (χ2n) is 8.73. The van der Waals surface area contributed by atoms with Crippen molar-refractivity contribution in [2.75, 3.05) is 6.54 Å². The Kier molecular flexibility index (Phi) is 7.47. The van der Waals surface area contributed by atoms with Crippen molar-refractivity contribution in [2.45, 2.75) is 84.1 Å². The third-order valence-corrected chi connectivity index (χ3v) is 5.95. The number of hydrogen-bond donors (Lipinski definition) is 3. The van der Waals surface area contributed by atoms with Crippen LogP contribution in [0.3, 0.4) is 0 Å². The summed E-state index contributed by atoms with van der Waals surface area (Å²) in [5.41, 5.74) is -0.958. The van der Waals surface area contributed by atoms with Gasteiger partial charge in [-0.25, -0.2) is 0 Å². The second-order valence-corrected chi connectivity index (χ2v) is 8.73. The van der Waals surface area contributed by atoms with Gasteiger partial charge < -0.3 is 15.7 Å². The van der Waals surface area contributed by atoms with Gasteiger partial charge in [0.25, 0.3) is 0 Å². The summed E-state index contributed by atoms with van der Waals surface area (Å²) >= 11 is 0. The Hall–Kier alpha value is -1.59. The molecule has 2 amide bonds. The lowest BCUT2D eigenvalue weighted by Crippen LogP contribution is -2.44. The number of carbonyl (C=O) groups is 3. The van der Waals surface area contributed by atoms with Crippen LogP contribution in [0.15, 0.2) is 0 Å². The Morgan fingerprint density at radius 1 is 0.962 bits per heavy atom. The highest BCUT2D eigenvalue weighted by Crippen LogP contribution is 2.28. The molecule has 26 heavy (non-hydrogen) atoms. The SMILES string of the molecule is CC(C)(CNC(=O)C1CCC(NC(=O)CC2CCCCC2)CC1)C(=O)O. The first-order chi connectivity index (χ1) is 12.3. The van der Waals surface area contributed by atoms with E-state index in [1.54, 1.807) is 13.8 Å². The van der Waals surface area contributed by atoms with E-state index in [1.165, 1.54) is 32.1 Å². The number of carboxylic acids is 1. The quantitative estimate of drug-likeness (QED) is 0.645. The Morgan fingerprint density at radius 3 is 2.15 bits per heavy atom. The molecule has 0 radical (unpaired) electrons. The summed E-state index contributed by atoms with van der Waals surface area (Å²) in [4.78, 5) is 35.6. The Bertz CT molecular complexity index is 504. The average molecular weight is 367 g/mol. The van der Waals surface area contributed by atoms with E-state index in [9.17, 15) is 14.4 Å². The van der Waals surface area contributed by atoms with E-state index < -0.39 is 11.4 Å². The molecule has 3 N–H and O–H groups in total. The Labute approximate surface area is 156 Å². The van der Waals surface area contributed by atoms with E-state index in [4.69, 9.17) is 5.11 Å². The van der Waals surface area contributed by atoms with E-state index in [1.807, 2.05) is 0 Å². The molecule has 148 valence electrons. The minimum Gasteiger partial charge on any atom is -0.481 e. The van der Waals surface area contributed by atoms with Crippen LogP contribution in [0, 0.1) is 17.3 Å². The smallest absolute Gasteiger partial charge is 0.310 e. The van der Waals surface area contributed by atoms with E-state index in [-0.39, 0.29) is 30.3 Å². The first kappa shape index (κ1) is 20.7. The van der Waals surface area contributed by atoms with Gasteiger partial charge in [-0.05, 0) is 58.3 Å². The topological polar surface area (TPSA) is 95.5 Å². The molecule has 0 aromatic carbocycles. The largest absolute Gasteiger partial charge is 0.481 e. The summed E-state index contributed by atoms with van der Waals surface area (Å²) in [6.45, 7) is 3.35. The summed E-state index contributed by atoms with van der Waals surface area (Å²) in [5, 5.41) is 15.0. The van der Waals surface area contributed by atoms with Crippen LogP contribution >= 0.6 is 0 Å². The minimum atomic E-state index is -0.958. The maximum Gasteiger partial charge on any atom is 0.310 e. The number of carbonyl (C=O) groups excluding carboxylic acids is 2. The molecular weight excluding hydrogens is 332 g/mol. The number of amides is 2. The fraction of sp³-hybridized carbons (Fsp3) is 0.850. The lowest BCUT2D eigenvalue weighted by molar-refractivity contribution is -0.147. The van der Waals surface area contributed by atoms with Gasteiger partial charge in [-0.2, -0.15) is 0 Å². The van der Waals surface area contributed by atoms with Gasteiger partial charge >= 0.3 is 5.97 Å². The first-order valence-electron chi connectivity index (χ1n) is 10.1. The first-order valence-corrected chi connectivity index (χ1v) is 10.1. The van der Waals surface area contributed by atoms with Crippen LogP contribution in [-0.2, 0) is 14.4 Å². The van der Waals surface area contributed by atoms with Crippen LogP contribution in [0.25, 0.3) is 0 Å². The highest BCUT2D eigenvalue weighted by atomic mass is 16.4. The van der Waals surface area contributed by atoms with Gasteiger partial charge in [0.05, 0.1) is 5.41 Å². The zero-order chi connectivity index (χ0) is 19.2. The molecule has 0 saturated heterocycles. The maximum absolute atomic E-state index is 12.3. The van der Waals surface area contributed by atoms with Crippen LogP contribution < -0.4 is 10.6 Å². The predicted molar refractivity (Wildman–Crippen MR) is 99.5 cm³/mol. The summed E-state index contributed by atoms with van der Waals surface area (Å²) in [5.74, 6) is -0.351. The van der Waals surface area contributed by atoms with Crippen LogP contribution in [0.2, 0.25) is 0 Å². The maximum atomic E-state index is 12.3. The molecule has 0 heterocycles. The summed E-state index contributed by atoms with van der Waals surface area (Å²) in [6.07, 6.45) is 9.90. The van der Waals surface area contributed by atoms with Crippen molar-refractivity contribution in [2.24, 2.45) is 17.3 Å².